The van der Waals surface area contributed by atoms with Gasteiger partial charge in [0, 0.05) is 37.7 Å². The van der Waals surface area contributed by atoms with E-state index in [2.05, 4.69) is 128 Å². The molecule has 0 amide bonds. The summed E-state index contributed by atoms with van der Waals surface area (Å²) in [5.74, 6) is -2.50. The van der Waals surface area contributed by atoms with E-state index in [4.69, 9.17) is 21.7 Å². The van der Waals surface area contributed by atoms with E-state index in [1.807, 2.05) is 34.6 Å². The predicted molar refractivity (Wildman–Crippen MR) is 288 cm³/mol. The third kappa shape index (κ3) is 562. The Kier molecular flexibility index (Phi) is 182. The topological polar surface area (TPSA) is 108 Å². The largest absolute Gasteiger partial charge is 0.396 e. The molecule has 0 aromatic heterocycles. The maximum Gasteiger partial charge on any atom is 0.242 e. The summed E-state index contributed by atoms with van der Waals surface area (Å²) in [7, 11) is 10.1. The van der Waals surface area contributed by atoms with Crippen molar-refractivity contribution in [1.29, 1.82) is 0 Å². The zero-order valence-electron chi connectivity index (χ0n) is 48.0. The van der Waals surface area contributed by atoms with Gasteiger partial charge in [-0.15, -0.1) is 0 Å². The Balaban J connectivity index is -0.0000000344. The fourth-order valence-corrected chi connectivity index (χ4v) is 0.812. The number of nitrogens with zero attached hydrogens (tertiary/aromatic N) is 2. The summed E-state index contributed by atoms with van der Waals surface area (Å²) < 4.78 is 59.7. The van der Waals surface area contributed by atoms with Crippen LogP contribution in [0.4, 0.5) is 22.0 Å². The van der Waals surface area contributed by atoms with Gasteiger partial charge in [0.1, 0.15) is 0 Å². The van der Waals surface area contributed by atoms with Crippen LogP contribution in [-0.2, 0) is 4.74 Å². The van der Waals surface area contributed by atoms with Gasteiger partial charge in [0.05, 0.1) is 25.1 Å². The molecule has 0 saturated heterocycles. The summed E-state index contributed by atoms with van der Waals surface area (Å²) in [4.78, 5) is 4.40. The Morgan fingerprint density at radius 2 is 0.873 bits per heavy atom. The lowest BCUT2D eigenvalue weighted by molar-refractivity contribution is 0.0437. The molecule has 0 aliphatic carbocycles. The second-order valence-corrected chi connectivity index (χ2v) is 15.9. The molecule has 0 aliphatic rings. The third-order valence-corrected chi connectivity index (χ3v) is 5.91. The Bertz CT molecular complexity index is 480. The highest BCUT2D eigenvalue weighted by atomic mass is 79.9. The minimum absolute atomic E-state index is 0.116. The minimum Gasteiger partial charge on any atom is -0.396 e. The number of hydrogen-bond acceptors (Lipinski definition) is 7. The minimum atomic E-state index is -2.50. The fraction of sp³-hybridized carbons (Fsp3) is 1.00. The van der Waals surface area contributed by atoms with Crippen molar-refractivity contribution in [2.45, 2.75) is 259 Å². The zero-order valence-corrected chi connectivity index (χ0v) is 49.6. The lowest BCUT2D eigenvalue weighted by Crippen LogP contribution is -2.23. The summed E-state index contributed by atoms with van der Waals surface area (Å²) in [5.41, 5.74) is 10.3. The normalized spacial score (nSPS) is 10.7. The van der Waals surface area contributed by atoms with Gasteiger partial charge >= 0.3 is 0 Å². The fourth-order valence-electron chi connectivity index (χ4n) is 0.812. The molecule has 0 rings (SSSR count). The lowest BCUT2D eigenvalue weighted by atomic mass is 10.2. The standard InChI is InChI=1S/C6H15N.C5H13N.C4H9F.C4H11N.C4H10O.C3H7Br.C3H6F2.2C3H7F.C3H9N.2C3H8O.2C3H8/c1-5-6(2)7(3)4;1-4-5-6(2)3;3*1-3-4(2)5;1-2-3-4;1-3(2,4)5;1-3(2)4;2*1-2-3-4;1-3-4-2;1-2-3-4;2*1-3-2/h6H,5H2,1-4H3;4-5H2,1-3H3;4H,3H2,1-2H3;4H,3,5H2,1-2H3;4-5H,3H2,1-2H3;2-3H2,1H3;1-2H3;3H,1-2H3;2-3H2,1H3;2-4H2,1H3;3H2,1-2H3;4H,2-3H2,1H3;2*3H2,1-2H3. The first kappa shape index (κ1) is 101. The molecule has 63 heavy (non-hydrogen) atoms. The van der Waals surface area contributed by atoms with E-state index in [-0.39, 0.29) is 12.8 Å². The second kappa shape index (κ2) is 114. The van der Waals surface area contributed by atoms with Crippen LogP contribution >= 0.6 is 15.9 Å². The first-order chi connectivity index (χ1) is 28.9. The average Bonchev–Trinajstić information content (AvgIpc) is 3.21. The quantitative estimate of drug-likeness (QED) is 0.114. The molecule has 6 N–H and O–H groups in total. The molecule has 0 spiro atoms. The SMILES string of the molecule is CC(C)(F)F.CC(C)F.CCC.CCC.CCC(C)F.CCC(C)N.CCC(C)N(C)C.CCC(C)O.CCCBr.CCCF.CCCN.CCCN(C)C.CCCO.CCOC. The molecule has 0 heterocycles. The molecule has 0 aromatic rings. The number of ether oxygens (including phenoxy) is 1. The number of aliphatic hydroxyl groups is 2. The van der Waals surface area contributed by atoms with E-state index in [0.717, 1.165) is 64.1 Å². The monoisotopic (exact) mass is 1000 g/mol. The van der Waals surface area contributed by atoms with Crippen molar-refractivity contribution >= 4 is 15.9 Å². The van der Waals surface area contributed by atoms with Gasteiger partial charge in [-0.25, -0.2) is 17.6 Å². The lowest BCUT2D eigenvalue weighted by Gasteiger charge is -2.16. The first-order valence-corrected chi connectivity index (χ1v) is 25.3. The van der Waals surface area contributed by atoms with Crippen LogP contribution in [0.5, 0.6) is 0 Å². The van der Waals surface area contributed by atoms with Gasteiger partial charge in [0.25, 0.3) is 0 Å². The van der Waals surface area contributed by atoms with Crippen molar-refractivity contribution in [3.8, 4) is 0 Å². The van der Waals surface area contributed by atoms with Crippen molar-refractivity contribution in [1.82, 2.24) is 9.80 Å². The highest BCUT2D eigenvalue weighted by Gasteiger charge is 2.08. The molecular formula is C50H126BrF5N4O3. The van der Waals surface area contributed by atoms with Crippen LogP contribution in [0.15, 0.2) is 0 Å². The molecule has 7 nitrogen and oxygen atoms in total. The van der Waals surface area contributed by atoms with E-state index < -0.39 is 18.3 Å². The van der Waals surface area contributed by atoms with Crippen LogP contribution in [0, 0.1) is 0 Å². The molecule has 4 unspecified atom stereocenters. The predicted octanol–water partition coefficient (Wildman–Crippen LogP) is 16.0. The summed E-state index contributed by atoms with van der Waals surface area (Å²) in [6, 6.07) is 1.12. The Labute approximate surface area is 405 Å². The molecule has 0 saturated carbocycles. The van der Waals surface area contributed by atoms with Crippen LogP contribution in [-0.4, -0.2) is 130 Å². The van der Waals surface area contributed by atoms with E-state index in [0.29, 0.717) is 25.5 Å². The molecule has 0 bridgehead atoms. The van der Waals surface area contributed by atoms with Crippen molar-refractivity contribution in [3.63, 3.8) is 0 Å². The summed E-state index contributed by atoms with van der Waals surface area (Å²) in [6.07, 6.45) is 10.0. The van der Waals surface area contributed by atoms with Crippen LogP contribution in [0.2, 0.25) is 0 Å². The van der Waals surface area contributed by atoms with E-state index >= 15 is 0 Å². The molecule has 406 valence electrons. The molecular weight excluding hydrogens is 879 g/mol. The highest BCUT2D eigenvalue weighted by molar-refractivity contribution is 9.09. The number of nitrogens with two attached hydrogens (primary N) is 2. The highest BCUT2D eigenvalue weighted by Crippen LogP contribution is 2.06. The summed E-state index contributed by atoms with van der Waals surface area (Å²) in [5, 5.41) is 17.4. The Morgan fingerprint density at radius 1 is 0.651 bits per heavy atom. The van der Waals surface area contributed by atoms with Gasteiger partial charge in [0.2, 0.25) is 5.92 Å². The van der Waals surface area contributed by atoms with Gasteiger partial charge in [-0.05, 0) is 161 Å². The van der Waals surface area contributed by atoms with Gasteiger partial charge in [-0.1, -0.05) is 119 Å². The van der Waals surface area contributed by atoms with E-state index in [1.165, 1.54) is 52.5 Å². The Hall–Kier alpha value is -0.150. The third-order valence-electron chi connectivity index (χ3n) is 5.12. The number of rotatable bonds is 12. The van der Waals surface area contributed by atoms with Crippen molar-refractivity contribution in [3.05, 3.63) is 0 Å². The maximum absolute atomic E-state index is 11.4. The number of methoxy groups -OCH3 is 1. The zero-order chi connectivity index (χ0) is 54.3. The van der Waals surface area contributed by atoms with Crippen LogP contribution in [0.25, 0.3) is 0 Å². The number of alkyl halides is 6. The van der Waals surface area contributed by atoms with Gasteiger partial charge in [-0.2, -0.15) is 0 Å². The number of halogens is 6. The first-order valence-electron chi connectivity index (χ1n) is 24.2. The van der Waals surface area contributed by atoms with Crippen LogP contribution in [0.1, 0.15) is 223 Å². The Morgan fingerprint density at radius 3 is 0.873 bits per heavy atom. The average molecular weight is 1010 g/mol. The van der Waals surface area contributed by atoms with Gasteiger partial charge < -0.3 is 36.2 Å². The summed E-state index contributed by atoms with van der Waals surface area (Å²) in [6.45, 7) is 43.9. The molecule has 0 fully saturated rings. The number of aliphatic hydroxyl groups excluding tert-OH is 2. The second-order valence-electron chi connectivity index (χ2n) is 15.1. The van der Waals surface area contributed by atoms with Gasteiger partial charge in [0.15, 0.2) is 0 Å². The maximum atomic E-state index is 11.4. The summed E-state index contributed by atoms with van der Waals surface area (Å²) >= 11 is 3.25. The van der Waals surface area contributed by atoms with Gasteiger partial charge in [-0.3, -0.25) is 4.39 Å². The van der Waals surface area contributed by atoms with Crippen LogP contribution in [0.3, 0.4) is 0 Å². The smallest absolute Gasteiger partial charge is 0.242 e. The van der Waals surface area contributed by atoms with Crippen molar-refractivity contribution in [2.75, 3.05) is 73.6 Å². The van der Waals surface area contributed by atoms with Crippen molar-refractivity contribution < 1.29 is 36.9 Å². The van der Waals surface area contributed by atoms with E-state index in [1.54, 1.807) is 27.9 Å². The van der Waals surface area contributed by atoms with Crippen LogP contribution < -0.4 is 11.5 Å². The van der Waals surface area contributed by atoms with Crippen molar-refractivity contribution in [2.24, 2.45) is 11.5 Å². The molecule has 0 aromatic carbocycles. The molecule has 0 aliphatic heterocycles. The molecule has 4 atom stereocenters. The molecule has 0 radical (unpaired) electrons. The molecule has 13 heteroatoms. The van der Waals surface area contributed by atoms with E-state index in [9.17, 15) is 22.0 Å². The number of hydrogen-bond donors (Lipinski definition) is 4.